The SMILES string of the molecule is CCOC[C@H]1C[C@@H]1N1C(=O)c2ccccc2C1=O. The van der Waals surface area contributed by atoms with Crippen LogP contribution in [-0.4, -0.2) is 36.0 Å². The van der Waals surface area contributed by atoms with E-state index in [-0.39, 0.29) is 17.9 Å². The number of nitrogens with zero attached hydrogens (tertiary/aromatic N) is 1. The smallest absolute Gasteiger partial charge is 0.261 e. The molecule has 1 saturated carbocycles. The van der Waals surface area contributed by atoms with Crippen molar-refractivity contribution in [3.8, 4) is 0 Å². The van der Waals surface area contributed by atoms with Crippen molar-refractivity contribution in [3.63, 3.8) is 0 Å². The van der Waals surface area contributed by atoms with Crippen LogP contribution in [0.5, 0.6) is 0 Å². The number of hydrogen-bond donors (Lipinski definition) is 0. The Bertz CT molecular complexity index is 477. The Kier molecular flexibility index (Phi) is 2.67. The monoisotopic (exact) mass is 245 g/mol. The van der Waals surface area contributed by atoms with Crippen molar-refractivity contribution in [1.82, 2.24) is 4.90 Å². The molecule has 0 unspecified atom stereocenters. The van der Waals surface area contributed by atoms with E-state index in [2.05, 4.69) is 0 Å². The standard InChI is InChI=1S/C14H15NO3/c1-2-18-8-9-7-12(9)15-13(16)10-5-3-4-6-11(10)14(15)17/h3-6,9,12H,2,7-8H2,1H3/t9-,12+/m1/s1. The van der Waals surface area contributed by atoms with E-state index in [0.29, 0.717) is 30.3 Å². The second-order valence-electron chi connectivity index (χ2n) is 4.75. The van der Waals surface area contributed by atoms with Gasteiger partial charge in [0.2, 0.25) is 0 Å². The molecule has 0 N–H and O–H groups in total. The van der Waals surface area contributed by atoms with Crippen molar-refractivity contribution >= 4 is 11.8 Å². The van der Waals surface area contributed by atoms with Crippen LogP contribution in [-0.2, 0) is 4.74 Å². The van der Waals surface area contributed by atoms with Crippen LogP contribution in [0.2, 0.25) is 0 Å². The molecule has 1 heterocycles. The number of ether oxygens (including phenoxy) is 1. The summed E-state index contributed by atoms with van der Waals surface area (Å²) in [5.41, 5.74) is 1.06. The van der Waals surface area contributed by atoms with Crippen molar-refractivity contribution in [2.45, 2.75) is 19.4 Å². The Labute approximate surface area is 106 Å². The lowest BCUT2D eigenvalue weighted by molar-refractivity contribution is 0.0616. The molecule has 1 aliphatic heterocycles. The van der Waals surface area contributed by atoms with E-state index in [1.54, 1.807) is 24.3 Å². The molecule has 4 heteroatoms. The molecule has 1 aliphatic carbocycles. The van der Waals surface area contributed by atoms with Crippen LogP contribution in [0.15, 0.2) is 24.3 Å². The first-order chi connectivity index (χ1) is 8.74. The van der Waals surface area contributed by atoms with Gasteiger partial charge < -0.3 is 4.74 Å². The van der Waals surface area contributed by atoms with Crippen LogP contribution in [0.3, 0.4) is 0 Å². The minimum Gasteiger partial charge on any atom is -0.381 e. The molecule has 2 amide bonds. The Morgan fingerprint density at radius 1 is 1.22 bits per heavy atom. The first-order valence-corrected chi connectivity index (χ1v) is 6.28. The fourth-order valence-corrected chi connectivity index (χ4v) is 2.51. The highest BCUT2D eigenvalue weighted by atomic mass is 16.5. The van der Waals surface area contributed by atoms with Gasteiger partial charge in [-0.1, -0.05) is 12.1 Å². The lowest BCUT2D eigenvalue weighted by atomic mass is 10.1. The third-order valence-corrected chi connectivity index (χ3v) is 3.58. The molecule has 1 aromatic rings. The highest BCUT2D eigenvalue weighted by molar-refractivity contribution is 6.21. The number of imide groups is 1. The van der Waals surface area contributed by atoms with Crippen LogP contribution < -0.4 is 0 Å². The Balaban J connectivity index is 1.78. The van der Waals surface area contributed by atoms with E-state index in [1.807, 2.05) is 6.92 Å². The van der Waals surface area contributed by atoms with E-state index < -0.39 is 0 Å². The summed E-state index contributed by atoms with van der Waals surface area (Å²) in [5.74, 6) is 0.00589. The van der Waals surface area contributed by atoms with E-state index >= 15 is 0 Å². The second-order valence-corrected chi connectivity index (χ2v) is 4.75. The molecule has 0 bridgehead atoms. The van der Waals surface area contributed by atoms with Gasteiger partial charge in [0.25, 0.3) is 11.8 Å². The molecule has 2 atom stereocenters. The van der Waals surface area contributed by atoms with Crippen LogP contribution in [0.25, 0.3) is 0 Å². The predicted octanol–water partition coefficient (Wildman–Crippen LogP) is 1.71. The fraction of sp³-hybridized carbons (Fsp3) is 0.429. The van der Waals surface area contributed by atoms with E-state index in [4.69, 9.17) is 4.74 Å². The third kappa shape index (κ3) is 1.64. The number of carbonyl (C=O) groups excluding carboxylic acids is 2. The number of amides is 2. The van der Waals surface area contributed by atoms with Crippen LogP contribution >= 0.6 is 0 Å². The zero-order valence-electron chi connectivity index (χ0n) is 10.3. The molecule has 18 heavy (non-hydrogen) atoms. The molecule has 0 aromatic heterocycles. The quantitative estimate of drug-likeness (QED) is 0.759. The summed E-state index contributed by atoms with van der Waals surface area (Å²) in [7, 11) is 0. The zero-order chi connectivity index (χ0) is 12.7. The Hall–Kier alpha value is -1.68. The van der Waals surface area contributed by atoms with Crippen LogP contribution in [0, 0.1) is 5.92 Å². The van der Waals surface area contributed by atoms with Gasteiger partial charge in [0, 0.05) is 18.6 Å². The van der Waals surface area contributed by atoms with Crippen molar-refractivity contribution in [2.75, 3.05) is 13.2 Å². The molecule has 94 valence electrons. The lowest BCUT2D eigenvalue weighted by Gasteiger charge is -2.13. The van der Waals surface area contributed by atoms with E-state index in [1.165, 1.54) is 4.90 Å². The molecule has 1 fully saturated rings. The van der Waals surface area contributed by atoms with Crippen molar-refractivity contribution in [3.05, 3.63) is 35.4 Å². The molecule has 0 spiro atoms. The predicted molar refractivity (Wildman–Crippen MR) is 65.3 cm³/mol. The average molecular weight is 245 g/mol. The van der Waals surface area contributed by atoms with Gasteiger partial charge in [-0.15, -0.1) is 0 Å². The molecule has 4 nitrogen and oxygen atoms in total. The van der Waals surface area contributed by atoms with Gasteiger partial charge >= 0.3 is 0 Å². The maximum atomic E-state index is 12.2. The van der Waals surface area contributed by atoms with Gasteiger partial charge in [-0.3, -0.25) is 14.5 Å². The second kappa shape index (κ2) is 4.21. The van der Waals surface area contributed by atoms with E-state index in [0.717, 1.165) is 6.42 Å². The van der Waals surface area contributed by atoms with E-state index in [9.17, 15) is 9.59 Å². The van der Waals surface area contributed by atoms with Crippen molar-refractivity contribution < 1.29 is 14.3 Å². The summed E-state index contributed by atoms with van der Waals surface area (Å²) >= 11 is 0. The summed E-state index contributed by atoms with van der Waals surface area (Å²) < 4.78 is 5.35. The summed E-state index contributed by atoms with van der Waals surface area (Å²) in [4.78, 5) is 25.8. The highest BCUT2D eigenvalue weighted by Crippen LogP contribution is 2.40. The molecule has 1 aromatic carbocycles. The van der Waals surface area contributed by atoms with Crippen molar-refractivity contribution in [2.24, 2.45) is 5.92 Å². The largest absolute Gasteiger partial charge is 0.381 e. The number of benzene rings is 1. The Morgan fingerprint density at radius 2 is 1.83 bits per heavy atom. The van der Waals surface area contributed by atoms with Gasteiger partial charge in [0.15, 0.2) is 0 Å². The minimum absolute atomic E-state index is 0.0314. The zero-order valence-corrected chi connectivity index (χ0v) is 10.3. The molecular formula is C14H15NO3. The van der Waals surface area contributed by atoms with Gasteiger partial charge in [-0.05, 0) is 25.5 Å². The first kappa shape index (κ1) is 11.4. The fourth-order valence-electron chi connectivity index (χ4n) is 2.51. The van der Waals surface area contributed by atoms with Crippen molar-refractivity contribution in [1.29, 1.82) is 0 Å². The van der Waals surface area contributed by atoms with Gasteiger partial charge in [0.05, 0.1) is 17.7 Å². The minimum atomic E-state index is -0.153. The first-order valence-electron chi connectivity index (χ1n) is 6.28. The maximum Gasteiger partial charge on any atom is 0.261 e. The third-order valence-electron chi connectivity index (χ3n) is 3.58. The maximum absolute atomic E-state index is 12.2. The number of hydrogen-bond acceptors (Lipinski definition) is 3. The molecular weight excluding hydrogens is 230 g/mol. The molecule has 0 saturated heterocycles. The summed E-state index contributed by atoms with van der Waals surface area (Å²) in [6.07, 6.45) is 0.867. The number of rotatable bonds is 4. The van der Waals surface area contributed by atoms with Gasteiger partial charge in [0.1, 0.15) is 0 Å². The summed E-state index contributed by atoms with van der Waals surface area (Å²) in [6, 6.07) is 7.05. The molecule has 2 aliphatic rings. The lowest BCUT2D eigenvalue weighted by Crippen LogP contribution is -2.33. The normalized spacial score (nSPS) is 25.5. The molecule has 0 radical (unpaired) electrons. The molecule has 3 rings (SSSR count). The summed E-state index contributed by atoms with van der Waals surface area (Å²) in [6.45, 7) is 3.25. The summed E-state index contributed by atoms with van der Waals surface area (Å²) in [5, 5.41) is 0. The van der Waals surface area contributed by atoms with Gasteiger partial charge in [-0.2, -0.15) is 0 Å². The van der Waals surface area contributed by atoms with Gasteiger partial charge in [-0.25, -0.2) is 0 Å². The Morgan fingerprint density at radius 3 is 2.39 bits per heavy atom. The number of fused-ring (bicyclic) bond motifs is 1. The van der Waals surface area contributed by atoms with Crippen LogP contribution in [0.4, 0.5) is 0 Å². The van der Waals surface area contributed by atoms with Crippen LogP contribution in [0.1, 0.15) is 34.1 Å². The topological polar surface area (TPSA) is 46.6 Å². The number of carbonyl (C=O) groups is 2. The average Bonchev–Trinajstić information content (AvgIpc) is 3.10. The highest BCUT2D eigenvalue weighted by Gasteiger charge is 2.50.